The second-order valence-corrected chi connectivity index (χ2v) is 8.21. The van der Waals surface area contributed by atoms with Crippen molar-refractivity contribution in [2.75, 3.05) is 19.7 Å². The fourth-order valence-electron chi connectivity index (χ4n) is 3.10. The van der Waals surface area contributed by atoms with Gasteiger partial charge in [0.2, 0.25) is 15.9 Å². The molecule has 0 amide bonds. The lowest BCUT2D eigenvalue weighted by Crippen LogP contribution is -2.31. The Morgan fingerprint density at radius 1 is 1.24 bits per heavy atom. The number of ether oxygens (including phenoxy) is 2. The lowest BCUT2D eigenvalue weighted by Gasteiger charge is -2.17. The third kappa shape index (κ3) is 3.19. The first-order chi connectivity index (χ1) is 12.0. The fraction of sp³-hybridized carbons (Fsp3) is 0.412. The van der Waals surface area contributed by atoms with Gasteiger partial charge in [0, 0.05) is 19.0 Å². The van der Waals surface area contributed by atoms with Crippen molar-refractivity contribution in [3.8, 4) is 11.6 Å². The van der Waals surface area contributed by atoms with Crippen LogP contribution >= 0.6 is 0 Å². The van der Waals surface area contributed by atoms with Crippen LogP contribution in [0.15, 0.2) is 35.2 Å². The molecule has 1 saturated heterocycles. The summed E-state index contributed by atoms with van der Waals surface area (Å²) in [5.74, 6) is 1.20. The maximum absolute atomic E-state index is 12.9. The quantitative estimate of drug-likeness (QED) is 0.822. The van der Waals surface area contributed by atoms with Crippen LogP contribution in [0.1, 0.15) is 17.7 Å². The van der Waals surface area contributed by atoms with E-state index in [1.54, 1.807) is 24.3 Å². The summed E-state index contributed by atoms with van der Waals surface area (Å²) in [7, 11) is -3.53. The van der Waals surface area contributed by atoms with E-state index in [0.29, 0.717) is 36.9 Å². The van der Waals surface area contributed by atoms with Crippen LogP contribution in [-0.4, -0.2) is 48.7 Å². The molecule has 1 atom stereocenters. The van der Waals surface area contributed by atoms with Gasteiger partial charge in [0.1, 0.15) is 11.9 Å². The summed E-state index contributed by atoms with van der Waals surface area (Å²) < 4.78 is 38.4. The molecule has 3 heterocycles. The Bertz CT molecular complexity index is 883. The zero-order valence-corrected chi connectivity index (χ0v) is 14.7. The van der Waals surface area contributed by atoms with Crippen LogP contribution in [0.25, 0.3) is 0 Å². The highest BCUT2D eigenvalue weighted by Gasteiger charge is 2.34. The van der Waals surface area contributed by atoms with Gasteiger partial charge in [0.25, 0.3) is 0 Å². The largest absolute Gasteiger partial charge is 0.493 e. The molecule has 2 aromatic rings. The minimum atomic E-state index is -3.53. The van der Waals surface area contributed by atoms with E-state index in [2.05, 4.69) is 10.2 Å². The molecule has 0 saturated carbocycles. The normalized spacial score (nSPS) is 20.3. The summed E-state index contributed by atoms with van der Waals surface area (Å²) in [5.41, 5.74) is 1.76. The number of aryl methyl sites for hydroxylation is 1. The molecular formula is C17H19N3O4S. The summed E-state index contributed by atoms with van der Waals surface area (Å²) >= 11 is 0. The van der Waals surface area contributed by atoms with Gasteiger partial charge in [-0.05, 0) is 43.2 Å². The van der Waals surface area contributed by atoms with Crippen LogP contribution in [-0.2, 0) is 16.4 Å². The first kappa shape index (κ1) is 16.3. The fourth-order valence-corrected chi connectivity index (χ4v) is 4.64. The predicted molar refractivity (Wildman–Crippen MR) is 90.2 cm³/mol. The molecule has 1 aromatic carbocycles. The van der Waals surface area contributed by atoms with E-state index < -0.39 is 10.0 Å². The summed E-state index contributed by atoms with van der Waals surface area (Å²) in [6.07, 6.45) is 1.16. The number of nitrogens with zero attached hydrogens (tertiary/aromatic N) is 3. The molecule has 4 rings (SSSR count). The lowest BCUT2D eigenvalue weighted by atomic mass is 10.2. The number of hydrogen-bond acceptors (Lipinski definition) is 6. The van der Waals surface area contributed by atoms with Crippen molar-refractivity contribution in [1.29, 1.82) is 0 Å². The molecule has 0 unspecified atom stereocenters. The van der Waals surface area contributed by atoms with Gasteiger partial charge in [-0.15, -0.1) is 5.10 Å². The van der Waals surface area contributed by atoms with Crippen molar-refractivity contribution >= 4 is 10.0 Å². The lowest BCUT2D eigenvalue weighted by molar-refractivity contribution is 0.204. The van der Waals surface area contributed by atoms with Crippen molar-refractivity contribution in [2.24, 2.45) is 0 Å². The van der Waals surface area contributed by atoms with Gasteiger partial charge in [-0.1, -0.05) is 0 Å². The second-order valence-electron chi connectivity index (χ2n) is 6.27. The average Bonchev–Trinajstić information content (AvgIpc) is 3.25. The Morgan fingerprint density at radius 3 is 2.92 bits per heavy atom. The van der Waals surface area contributed by atoms with E-state index in [9.17, 15) is 8.42 Å². The minimum Gasteiger partial charge on any atom is -0.493 e. The van der Waals surface area contributed by atoms with Crippen LogP contribution in [0.5, 0.6) is 11.6 Å². The van der Waals surface area contributed by atoms with Crippen molar-refractivity contribution in [3.05, 3.63) is 41.6 Å². The number of fused-ring (bicyclic) bond motifs is 1. The number of rotatable bonds is 4. The average molecular weight is 361 g/mol. The van der Waals surface area contributed by atoms with Crippen molar-refractivity contribution in [3.63, 3.8) is 0 Å². The van der Waals surface area contributed by atoms with E-state index in [0.717, 1.165) is 23.4 Å². The topological polar surface area (TPSA) is 81.6 Å². The van der Waals surface area contributed by atoms with Gasteiger partial charge >= 0.3 is 0 Å². The maximum Gasteiger partial charge on any atom is 0.243 e. The third-order valence-corrected chi connectivity index (χ3v) is 6.33. The van der Waals surface area contributed by atoms with E-state index in [1.165, 1.54) is 4.31 Å². The second kappa shape index (κ2) is 6.27. The third-order valence-electron chi connectivity index (χ3n) is 4.47. The summed E-state index contributed by atoms with van der Waals surface area (Å²) in [5, 5.41) is 7.92. The molecular weight excluding hydrogens is 342 g/mol. The molecule has 0 bridgehead atoms. The van der Waals surface area contributed by atoms with Crippen molar-refractivity contribution in [1.82, 2.24) is 14.5 Å². The van der Waals surface area contributed by atoms with Crippen LogP contribution in [0.2, 0.25) is 0 Å². The highest BCUT2D eigenvalue weighted by molar-refractivity contribution is 7.89. The molecule has 1 fully saturated rings. The summed E-state index contributed by atoms with van der Waals surface area (Å²) in [4.78, 5) is 0.313. The molecule has 8 heteroatoms. The van der Waals surface area contributed by atoms with Gasteiger partial charge in [0.05, 0.1) is 23.7 Å². The smallest absolute Gasteiger partial charge is 0.243 e. The standard InChI is InChI=1S/C17H19N3O4S/c1-12-2-5-17(19-18-12)24-14-6-8-20(11-14)25(21,22)15-3-4-16-13(10-15)7-9-23-16/h2-5,10,14H,6-9,11H2,1H3/t14-/m1/s1. The van der Waals surface area contributed by atoms with Crippen molar-refractivity contribution < 1.29 is 17.9 Å². The van der Waals surface area contributed by atoms with E-state index in [-0.39, 0.29) is 6.10 Å². The highest BCUT2D eigenvalue weighted by Crippen LogP contribution is 2.30. The maximum atomic E-state index is 12.9. The molecule has 2 aliphatic heterocycles. The molecule has 7 nitrogen and oxygen atoms in total. The number of hydrogen-bond donors (Lipinski definition) is 0. The summed E-state index contributed by atoms with van der Waals surface area (Å²) in [6.45, 7) is 3.20. The van der Waals surface area contributed by atoms with Gasteiger partial charge in [-0.25, -0.2) is 8.42 Å². The van der Waals surface area contributed by atoms with Crippen LogP contribution in [0, 0.1) is 6.92 Å². The zero-order chi connectivity index (χ0) is 17.4. The number of sulfonamides is 1. The Balaban J connectivity index is 1.47. The molecule has 0 aliphatic carbocycles. The van der Waals surface area contributed by atoms with Crippen LogP contribution < -0.4 is 9.47 Å². The molecule has 0 spiro atoms. The Kier molecular flexibility index (Phi) is 4.09. The number of aromatic nitrogens is 2. The molecule has 1 aromatic heterocycles. The van der Waals surface area contributed by atoms with Crippen molar-refractivity contribution in [2.45, 2.75) is 30.8 Å². The van der Waals surface area contributed by atoms with E-state index in [4.69, 9.17) is 9.47 Å². The van der Waals surface area contributed by atoms with Gasteiger partial charge < -0.3 is 9.47 Å². The Hall–Kier alpha value is -2.19. The molecule has 2 aliphatic rings. The van der Waals surface area contributed by atoms with Crippen LogP contribution in [0.3, 0.4) is 0 Å². The zero-order valence-electron chi connectivity index (χ0n) is 13.9. The summed E-state index contributed by atoms with van der Waals surface area (Å²) in [6, 6.07) is 8.63. The van der Waals surface area contributed by atoms with E-state index >= 15 is 0 Å². The minimum absolute atomic E-state index is 0.218. The van der Waals surface area contributed by atoms with Gasteiger partial charge in [-0.3, -0.25) is 0 Å². The van der Waals surface area contributed by atoms with E-state index in [1.807, 2.05) is 13.0 Å². The predicted octanol–water partition coefficient (Wildman–Crippen LogP) is 1.56. The van der Waals surface area contributed by atoms with Gasteiger partial charge in [0.15, 0.2) is 0 Å². The first-order valence-corrected chi connectivity index (χ1v) is 9.69. The highest BCUT2D eigenvalue weighted by atomic mass is 32.2. The van der Waals surface area contributed by atoms with Crippen LogP contribution in [0.4, 0.5) is 0 Å². The molecule has 0 radical (unpaired) electrons. The molecule has 0 N–H and O–H groups in total. The Labute approximate surface area is 146 Å². The first-order valence-electron chi connectivity index (χ1n) is 8.25. The molecule has 25 heavy (non-hydrogen) atoms. The monoisotopic (exact) mass is 361 g/mol. The van der Waals surface area contributed by atoms with Gasteiger partial charge in [-0.2, -0.15) is 9.40 Å². The SMILES string of the molecule is Cc1ccc(O[C@@H]2CCN(S(=O)(=O)c3ccc4c(c3)CCO4)C2)nn1. The number of benzene rings is 1. The Morgan fingerprint density at radius 2 is 2.12 bits per heavy atom. The molecule has 132 valence electrons.